The van der Waals surface area contributed by atoms with Gasteiger partial charge in [-0.2, -0.15) is 0 Å². The van der Waals surface area contributed by atoms with E-state index >= 15 is 0 Å². The molecule has 0 fully saturated rings. The molecule has 1 amide bonds. The monoisotopic (exact) mass is 475 g/mol. The van der Waals surface area contributed by atoms with Gasteiger partial charge in [0, 0.05) is 10.0 Å². The van der Waals surface area contributed by atoms with Crippen molar-refractivity contribution in [3.8, 4) is 0 Å². The summed E-state index contributed by atoms with van der Waals surface area (Å²) in [5, 5.41) is 4.68. The lowest BCUT2D eigenvalue weighted by atomic mass is 10.0. The molecule has 8 heteroatoms. The third-order valence-electron chi connectivity index (χ3n) is 4.34. The normalized spacial score (nSPS) is 10.6. The van der Waals surface area contributed by atoms with E-state index in [9.17, 15) is 14.4 Å². The number of hydrogen-bond acceptors (Lipinski definition) is 6. The summed E-state index contributed by atoms with van der Waals surface area (Å²) in [5.41, 5.74) is 1.02. The molecule has 0 saturated heterocycles. The van der Waals surface area contributed by atoms with Gasteiger partial charge in [0.15, 0.2) is 0 Å². The Morgan fingerprint density at radius 1 is 1.07 bits per heavy atom. The van der Waals surface area contributed by atoms with Gasteiger partial charge in [-0.05, 0) is 42.3 Å². The van der Waals surface area contributed by atoms with E-state index in [1.54, 1.807) is 26.0 Å². The number of amides is 1. The van der Waals surface area contributed by atoms with Crippen LogP contribution in [0.15, 0.2) is 40.9 Å². The van der Waals surface area contributed by atoms with Crippen LogP contribution in [0.1, 0.15) is 42.9 Å². The predicted octanol–water partition coefficient (Wildman–Crippen LogP) is 5.19. The molecule has 1 aromatic heterocycles. The Morgan fingerprint density at radius 3 is 2.45 bits per heavy atom. The van der Waals surface area contributed by atoms with E-state index < -0.39 is 17.8 Å². The molecule has 3 rings (SSSR count). The summed E-state index contributed by atoms with van der Waals surface area (Å²) in [6.07, 6.45) is 0. The molecule has 1 N–H and O–H groups in total. The van der Waals surface area contributed by atoms with Crippen LogP contribution in [-0.4, -0.2) is 31.6 Å². The fourth-order valence-corrected chi connectivity index (χ4v) is 4.58. The molecular formula is C21H18BrNO5S. The molecule has 0 atom stereocenters. The van der Waals surface area contributed by atoms with Crippen LogP contribution in [0.4, 0.5) is 5.00 Å². The van der Waals surface area contributed by atoms with Crippen molar-refractivity contribution in [2.24, 2.45) is 0 Å². The highest BCUT2D eigenvalue weighted by molar-refractivity contribution is 9.10. The number of hydrogen-bond donors (Lipinski definition) is 1. The zero-order valence-corrected chi connectivity index (χ0v) is 18.4. The summed E-state index contributed by atoms with van der Waals surface area (Å²) in [5.74, 6) is -1.57. The first-order chi connectivity index (χ1) is 13.9. The number of benzene rings is 2. The minimum absolute atomic E-state index is 0.159. The van der Waals surface area contributed by atoms with Gasteiger partial charge in [0.05, 0.1) is 19.3 Å². The maximum Gasteiger partial charge on any atom is 0.348 e. The Bertz CT molecular complexity index is 1120. The lowest BCUT2D eigenvalue weighted by Crippen LogP contribution is -2.15. The van der Waals surface area contributed by atoms with E-state index in [2.05, 4.69) is 21.2 Å². The molecule has 6 nitrogen and oxygen atoms in total. The van der Waals surface area contributed by atoms with E-state index in [0.717, 1.165) is 26.6 Å². The fourth-order valence-electron chi connectivity index (χ4n) is 2.98. The molecule has 2 aromatic carbocycles. The summed E-state index contributed by atoms with van der Waals surface area (Å²) in [6.45, 7) is 3.49. The van der Waals surface area contributed by atoms with Crippen molar-refractivity contribution >= 4 is 60.9 Å². The Labute approximate surface area is 179 Å². The molecule has 150 valence electrons. The van der Waals surface area contributed by atoms with Crippen molar-refractivity contribution in [2.45, 2.75) is 13.8 Å². The quantitative estimate of drug-likeness (QED) is 0.513. The van der Waals surface area contributed by atoms with Crippen LogP contribution >= 0.6 is 27.3 Å². The smallest absolute Gasteiger partial charge is 0.348 e. The molecule has 0 aliphatic heterocycles. The van der Waals surface area contributed by atoms with Crippen LogP contribution in [0.3, 0.4) is 0 Å². The molecule has 1 heterocycles. The molecule has 0 saturated carbocycles. The van der Waals surface area contributed by atoms with Crippen molar-refractivity contribution in [3.63, 3.8) is 0 Å². The van der Waals surface area contributed by atoms with Crippen molar-refractivity contribution in [3.05, 3.63) is 62.4 Å². The van der Waals surface area contributed by atoms with Crippen LogP contribution in [0.2, 0.25) is 0 Å². The van der Waals surface area contributed by atoms with Crippen LogP contribution < -0.4 is 5.32 Å². The van der Waals surface area contributed by atoms with E-state index in [1.807, 2.05) is 24.3 Å². The summed E-state index contributed by atoms with van der Waals surface area (Å²) in [6, 6.07) is 11.0. The topological polar surface area (TPSA) is 81.7 Å². The van der Waals surface area contributed by atoms with E-state index in [0.29, 0.717) is 11.1 Å². The second-order valence-electron chi connectivity index (χ2n) is 6.07. The molecule has 0 aliphatic rings. The lowest BCUT2D eigenvalue weighted by Gasteiger charge is -2.10. The Balaban J connectivity index is 2.06. The van der Waals surface area contributed by atoms with Crippen LogP contribution in [0, 0.1) is 6.92 Å². The third-order valence-corrected chi connectivity index (χ3v) is 6.22. The van der Waals surface area contributed by atoms with Crippen molar-refractivity contribution in [2.75, 3.05) is 19.0 Å². The van der Waals surface area contributed by atoms with Crippen LogP contribution in [-0.2, 0) is 9.47 Å². The molecule has 0 radical (unpaired) electrons. The summed E-state index contributed by atoms with van der Waals surface area (Å²) in [7, 11) is 1.26. The van der Waals surface area contributed by atoms with Crippen molar-refractivity contribution < 1.29 is 23.9 Å². The standard InChI is InChI=1S/C21H18BrNO5S/c1-4-28-20(25)16-11(2)17(21(26)27-3)29-19(16)23-18(24)14-9-5-8-13-12(14)7-6-10-15(13)22/h5-10H,4H2,1-3H3,(H,23,24). The number of esters is 2. The number of halogens is 1. The number of nitrogens with one attached hydrogen (secondary N) is 1. The maximum atomic E-state index is 13.0. The summed E-state index contributed by atoms with van der Waals surface area (Å²) in [4.78, 5) is 37.8. The number of carbonyl (C=O) groups excluding carboxylic acids is 3. The number of ether oxygens (including phenoxy) is 2. The largest absolute Gasteiger partial charge is 0.465 e. The average molecular weight is 476 g/mol. The van der Waals surface area contributed by atoms with Crippen LogP contribution in [0.25, 0.3) is 10.8 Å². The highest BCUT2D eigenvalue weighted by Gasteiger charge is 2.27. The first-order valence-electron chi connectivity index (χ1n) is 8.76. The molecular weight excluding hydrogens is 458 g/mol. The maximum absolute atomic E-state index is 13.0. The van der Waals surface area contributed by atoms with E-state index in [4.69, 9.17) is 9.47 Å². The number of rotatable bonds is 5. The average Bonchev–Trinajstić information content (AvgIpc) is 3.03. The van der Waals surface area contributed by atoms with E-state index in [1.165, 1.54) is 7.11 Å². The summed E-state index contributed by atoms with van der Waals surface area (Å²) < 4.78 is 10.8. The number of methoxy groups -OCH3 is 1. The van der Waals surface area contributed by atoms with Gasteiger partial charge in [-0.1, -0.05) is 40.2 Å². The minimum atomic E-state index is -0.604. The van der Waals surface area contributed by atoms with Gasteiger partial charge in [-0.3, -0.25) is 4.79 Å². The molecule has 3 aromatic rings. The van der Waals surface area contributed by atoms with Gasteiger partial charge in [-0.25, -0.2) is 9.59 Å². The van der Waals surface area contributed by atoms with Crippen molar-refractivity contribution in [1.82, 2.24) is 0 Å². The molecule has 0 unspecified atom stereocenters. The first-order valence-corrected chi connectivity index (χ1v) is 10.4. The highest BCUT2D eigenvalue weighted by Crippen LogP contribution is 2.35. The second kappa shape index (κ2) is 8.75. The molecule has 0 spiro atoms. The fraction of sp³-hybridized carbons (Fsp3) is 0.190. The molecule has 0 bridgehead atoms. The molecule has 0 aliphatic carbocycles. The van der Waals surface area contributed by atoms with E-state index in [-0.39, 0.29) is 22.0 Å². The number of fused-ring (bicyclic) bond motifs is 1. The Morgan fingerprint density at radius 2 is 1.76 bits per heavy atom. The number of anilines is 1. The molecule has 29 heavy (non-hydrogen) atoms. The predicted molar refractivity (Wildman–Crippen MR) is 116 cm³/mol. The van der Waals surface area contributed by atoms with Crippen LogP contribution in [0.5, 0.6) is 0 Å². The number of carbonyl (C=O) groups is 3. The second-order valence-corrected chi connectivity index (χ2v) is 7.94. The van der Waals surface area contributed by atoms with Gasteiger partial charge in [0.25, 0.3) is 5.91 Å². The number of thiophene rings is 1. The zero-order valence-electron chi connectivity index (χ0n) is 16.0. The minimum Gasteiger partial charge on any atom is -0.465 e. The summed E-state index contributed by atoms with van der Waals surface area (Å²) >= 11 is 4.48. The highest BCUT2D eigenvalue weighted by atomic mass is 79.9. The van der Waals surface area contributed by atoms with Gasteiger partial charge < -0.3 is 14.8 Å². The first kappa shape index (κ1) is 21.0. The van der Waals surface area contributed by atoms with Gasteiger partial charge in [0.2, 0.25) is 0 Å². The van der Waals surface area contributed by atoms with Crippen molar-refractivity contribution in [1.29, 1.82) is 0 Å². The lowest BCUT2D eigenvalue weighted by molar-refractivity contribution is 0.0527. The van der Waals surface area contributed by atoms with Gasteiger partial charge in [-0.15, -0.1) is 11.3 Å². The van der Waals surface area contributed by atoms with Gasteiger partial charge in [0.1, 0.15) is 9.88 Å². The Hall–Kier alpha value is -2.71. The van der Waals surface area contributed by atoms with Gasteiger partial charge >= 0.3 is 11.9 Å². The SMILES string of the molecule is CCOC(=O)c1c(NC(=O)c2cccc3c(Br)cccc23)sc(C(=O)OC)c1C. The third kappa shape index (κ3) is 4.04. The zero-order chi connectivity index (χ0) is 21.1. The Kier molecular flexibility index (Phi) is 6.34.